The zero-order valence-electron chi connectivity index (χ0n) is 11.6. The average molecular weight is 289 g/mol. The molecule has 1 heterocycles. The molecule has 3 rings (SSSR count). The molecule has 1 atom stereocenters. The molecule has 0 fully saturated rings. The SMILES string of the molecule is Fc1ccc(CNCC2CCOc3ccccc32)c(F)c1. The topological polar surface area (TPSA) is 21.3 Å². The second kappa shape index (κ2) is 6.22. The van der Waals surface area contributed by atoms with Gasteiger partial charge in [0.15, 0.2) is 0 Å². The Hall–Kier alpha value is -1.94. The van der Waals surface area contributed by atoms with Crippen molar-refractivity contribution < 1.29 is 13.5 Å². The highest BCUT2D eigenvalue weighted by molar-refractivity contribution is 5.38. The van der Waals surface area contributed by atoms with E-state index in [4.69, 9.17) is 4.74 Å². The van der Waals surface area contributed by atoms with E-state index in [2.05, 4.69) is 11.4 Å². The fraction of sp³-hybridized carbons (Fsp3) is 0.294. The van der Waals surface area contributed by atoms with Gasteiger partial charge in [0.1, 0.15) is 17.4 Å². The lowest BCUT2D eigenvalue weighted by Crippen LogP contribution is -2.26. The first-order chi connectivity index (χ1) is 10.2. The van der Waals surface area contributed by atoms with E-state index in [1.165, 1.54) is 17.7 Å². The molecular weight excluding hydrogens is 272 g/mol. The molecule has 2 aromatic rings. The minimum atomic E-state index is -0.547. The molecule has 1 aliphatic rings. The van der Waals surface area contributed by atoms with Gasteiger partial charge in [-0.25, -0.2) is 8.78 Å². The van der Waals surface area contributed by atoms with E-state index in [9.17, 15) is 8.78 Å². The lowest BCUT2D eigenvalue weighted by atomic mass is 9.93. The summed E-state index contributed by atoms with van der Waals surface area (Å²) >= 11 is 0. The van der Waals surface area contributed by atoms with E-state index in [-0.39, 0.29) is 0 Å². The van der Waals surface area contributed by atoms with Crippen LogP contribution in [0.5, 0.6) is 5.75 Å². The van der Waals surface area contributed by atoms with Gasteiger partial charge in [-0.1, -0.05) is 24.3 Å². The van der Waals surface area contributed by atoms with Crippen LogP contribution >= 0.6 is 0 Å². The highest BCUT2D eigenvalue weighted by Gasteiger charge is 2.20. The summed E-state index contributed by atoms with van der Waals surface area (Å²) in [5, 5.41) is 3.25. The van der Waals surface area contributed by atoms with E-state index in [1.54, 1.807) is 0 Å². The molecule has 0 bridgehead atoms. The van der Waals surface area contributed by atoms with Crippen LogP contribution in [0.2, 0.25) is 0 Å². The maximum atomic E-state index is 13.6. The van der Waals surface area contributed by atoms with Crippen LogP contribution in [0.25, 0.3) is 0 Å². The van der Waals surface area contributed by atoms with Crippen LogP contribution in [0.4, 0.5) is 8.78 Å². The monoisotopic (exact) mass is 289 g/mol. The Morgan fingerprint density at radius 2 is 2.00 bits per heavy atom. The summed E-state index contributed by atoms with van der Waals surface area (Å²) in [6.45, 7) is 1.84. The van der Waals surface area contributed by atoms with E-state index in [0.717, 1.165) is 24.8 Å². The predicted octanol–water partition coefficient (Wildman–Crippen LogP) is 3.62. The quantitative estimate of drug-likeness (QED) is 0.928. The van der Waals surface area contributed by atoms with Crippen molar-refractivity contribution in [1.82, 2.24) is 5.32 Å². The smallest absolute Gasteiger partial charge is 0.130 e. The Kier molecular flexibility index (Phi) is 4.15. The molecule has 0 spiro atoms. The van der Waals surface area contributed by atoms with Gasteiger partial charge < -0.3 is 10.1 Å². The molecule has 0 saturated carbocycles. The summed E-state index contributed by atoms with van der Waals surface area (Å²) in [6, 6.07) is 11.7. The number of rotatable bonds is 4. The molecule has 1 unspecified atom stereocenters. The molecule has 4 heteroatoms. The van der Waals surface area contributed by atoms with E-state index in [1.807, 2.05) is 18.2 Å². The van der Waals surface area contributed by atoms with Crippen LogP contribution in [-0.2, 0) is 6.54 Å². The number of ether oxygens (including phenoxy) is 1. The molecule has 2 aromatic carbocycles. The zero-order valence-corrected chi connectivity index (χ0v) is 11.6. The van der Waals surface area contributed by atoms with Gasteiger partial charge in [-0.15, -0.1) is 0 Å². The van der Waals surface area contributed by atoms with Crippen molar-refractivity contribution in [3.63, 3.8) is 0 Å². The Balaban J connectivity index is 1.61. The average Bonchev–Trinajstić information content (AvgIpc) is 2.50. The standard InChI is InChI=1S/C17H17F2NO/c18-14-6-5-13(16(19)9-14)11-20-10-12-7-8-21-17-4-2-1-3-15(12)17/h1-6,9,12,20H,7-8,10-11H2. The van der Waals surface area contributed by atoms with Gasteiger partial charge in [0, 0.05) is 30.6 Å². The fourth-order valence-electron chi connectivity index (χ4n) is 2.67. The molecule has 0 radical (unpaired) electrons. The Morgan fingerprint density at radius 1 is 1.14 bits per heavy atom. The van der Waals surface area contributed by atoms with Crippen LogP contribution in [0.1, 0.15) is 23.5 Å². The fourth-order valence-corrected chi connectivity index (χ4v) is 2.67. The van der Waals surface area contributed by atoms with E-state index in [0.29, 0.717) is 24.6 Å². The van der Waals surface area contributed by atoms with Crippen LogP contribution < -0.4 is 10.1 Å². The molecule has 0 aromatic heterocycles. The summed E-state index contributed by atoms with van der Waals surface area (Å²) in [6.07, 6.45) is 0.940. The number of hydrogen-bond acceptors (Lipinski definition) is 2. The molecule has 0 aliphatic carbocycles. The number of benzene rings is 2. The molecule has 1 aliphatic heterocycles. The lowest BCUT2D eigenvalue weighted by Gasteiger charge is -2.26. The second-order valence-corrected chi connectivity index (χ2v) is 5.24. The maximum absolute atomic E-state index is 13.6. The number of fused-ring (bicyclic) bond motifs is 1. The van der Waals surface area contributed by atoms with Crippen molar-refractivity contribution in [2.45, 2.75) is 18.9 Å². The summed E-state index contributed by atoms with van der Waals surface area (Å²) in [4.78, 5) is 0. The third kappa shape index (κ3) is 3.22. The van der Waals surface area contributed by atoms with Gasteiger partial charge >= 0.3 is 0 Å². The van der Waals surface area contributed by atoms with E-state index < -0.39 is 11.6 Å². The van der Waals surface area contributed by atoms with Crippen LogP contribution in [0.3, 0.4) is 0 Å². The summed E-state index contributed by atoms with van der Waals surface area (Å²) in [5.74, 6) is 0.242. The molecule has 0 saturated heterocycles. The van der Waals surface area contributed by atoms with Crippen LogP contribution in [0, 0.1) is 11.6 Å². The van der Waals surface area contributed by atoms with Crippen molar-refractivity contribution in [3.05, 3.63) is 65.2 Å². The first kappa shape index (κ1) is 14.0. The van der Waals surface area contributed by atoms with Crippen molar-refractivity contribution in [3.8, 4) is 5.75 Å². The first-order valence-corrected chi connectivity index (χ1v) is 7.10. The van der Waals surface area contributed by atoms with Crippen LogP contribution in [-0.4, -0.2) is 13.2 Å². The van der Waals surface area contributed by atoms with Gasteiger partial charge in [-0.2, -0.15) is 0 Å². The first-order valence-electron chi connectivity index (χ1n) is 7.10. The molecular formula is C17H17F2NO. The largest absolute Gasteiger partial charge is 0.493 e. The minimum Gasteiger partial charge on any atom is -0.493 e. The Morgan fingerprint density at radius 3 is 2.86 bits per heavy atom. The summed E-state index contributed by atoms with van der Waals surface area (Å²) in [5.41, 5.74) is 1.67. The third-order valence-corrected chi connectivity index (χ3v) is 3.80. The molecule has 0 amide bonds. The zero-order chi connectivity index (χ0) is 14.7. The molecule has 110 valence electrons. The lowest BCUT2D eigenvalue weighted by molar-refractivity contribution is 0.264. The number of halogens is 2. The number of para-hydroxylation sites is 1. The molecule has 2 nitrogen and oxygen atoms in total. The van der Waals surface area contributed by atoms with Crippen molar-refractivity contribution in [1.29, 1.82) is 0 Å². The number of hydrogen-bond donors (Lipinski definition) is 1. The highest BCUT2D eigenvalue weighted by Crippen LogP contribution is 2.32. The minimum absolute atomic E-state index is 0.360. The Labute approximate surface area is 122 Å². The normalized spacial score (nSPS) is 17.1. The predicted molar refractivity (Wildman–Crippen MR) is 77.4 cm³/mol. The van der Waals surface area contributed by atoms with Crippen LogP contribution in [0.15, 0.2) is 42.5 Å². The highest BCUT2D eigenvalue weighted by atomic mass is 19.1. The number of nitrogens with one attached hydrogen (secondary N) is 1. The maximum Gasteiger partial charge on any atom is 0.130 e. The molecule has 1 N–H and O–H groups in total. The van der Waals surface area contributed by atoms with Crippen molar-refractivity contribution >= 4 is 0 Å². The Bertz CT molecular complexity index is 630. The second-order valence-electron chi connectivity index (χ2n) is 5.24. The molecule has 21 heavy (non-hydrogen) atoms. The third-order valence-electron chi connectivity index (χ3n) is 3.80. The van der Waals surface area contributed by atoms with Gasteiger partial charge in [0.25, 0.3) is 0 Å². The van der Waals surface area contributed by atoms with E-state index >= 15 is 0 Å². The van der Waals surface area contributed by atoms with Crippen molar-refractivity contribution in [2.75, 3.05) is 13.2 Å². The summed E-state index contributed by atoms with van der Waals surface area (Å²) in [7, 11) is 0. The van der Waals surface area contributed by atoms with Gasteiger partial charge in [0.05, 0.1) is 6.61 Å². The van der Waals surface area contributed by atoms with Gasteiger partial charge in [-0.05, 0) is 24.1 Å². The van der Waals surface area contributed by atoms with Gasteiger partial charge in [0.2, 0.25) is 0 Å². The summed E-state index contributed by atoms with van der Waals surface area (Å²) < 4.78 is 32.0. The van der Waals surface area contributed by atoms with Gasteiger partial charge in [-0.3, -0.25) is 0 Å². The van der Waals surface area contributed by atoms with Crippen molar-refractivity contribution in [2.24, 2.45) is 0 Å².